The van der Waals surface area contributed by atoms with Crippen molar-refractivity contribution in [3.63, 3.8) is 0 Å². The molecule has 1 N–H and O–H groups in total. The molecule has 3 rings (SSSR count). The zero-order valence-electron chi connectivity index (χ0n) is 14.7. The lowest BCUT2D eigenvalue weighted by atomic mass is 9.73. The molecule has 0 bridgehead atoms. The fraction of sp³-hybridized carbons (Fsp3) is 0.600. The van der Waals surface area contributed by atoms with Gasteiger partial charge in [-0.2, -0.15) is 0 Å². The van der Waals surface area contributed by atoms with Crippen molar-refractivity contribution in [2.45, 2.75) is 38.5 Å². The van der Waals surface area contributed by atoms with Gasteiger partial charge in [0.05, 0.1) is 14.2 Å². The van der Waals surface area contributed by atoms with E-state index in [2.05, 4.69) is 23.5 Å². The maximum Gasteiger partial charge on any atom is 0.161 e. The van der Waals surface area contributed by atoms with Gasteiger partial charge in [-0.3, -0.25) is 0 Å². The van der Waals surface area contributed by atoms with Gasteiger partial charge in [0.25, 0.3) is 0 Å². The number of methoxy groups -OCH3 is 2. The van der Waals surface area contributed by atoms with Gasteiger partial charge in [0, 0.05) is 6.54 Å². The first-order valence-electron chi connectivity index (χ1n) is 8.87. The van der Waals surface area contributed by atoms with E-state index >= 15 is 0 Å². The van der Waals surface area contributed by atoms with Gasteiger partial charge in [-0.25, -0.2) is 0 Å². The van der Waals surface area contributed by atoms with Crippen LogP contribution in [0.1, 0.15) is 43.2 Å². The highest BCUT2D eigenvalue weighted by atomic mass is 16.5. The Balaban J connectivity index is 1.95. The highest BCUT2D eigenvalue weighted by molar-refractivity contribution is 5.74. The minimum atomic E-state index is 0.671. The smallest absolute Gasteiger partial charge is 0.161 e. The SMILES string of the molecule is CNCC1=CC(C2CCCCC2)Cc2cc(OC)c(OC)cc21. The van der Waals surface area contributed by atoms with Crippen molar-refractivity contribution in [2.75, 3.05) is 27.8 Å². The number of rotatable bonds is 5. The molecule has 3 heteroatoms. The van der Waals surface area contributed by atoms with Crippen LogP contribution in [-0.4, -0.2) is 27.8 Å². The Kier molecular flexibility index (Phi) is 5.27. The van der Waals surface area contributed by atoms with Crippen LogP contribution in [0.25, 0.3) is 5.57 Å². The monoisotopic (exact) mass is 315 g/mol. The van der Waals surface area contributed by atoms with Crippen molar-refractivity contribution in [1.82, 2.24) is 5.32 Å². The Morgan fingerprint density at radius 2 is 1.74 bits per heavy atom. The second kappa shape index (κ2) is 7.39. The van der Waals surface area contributed by atoms with Crippen molar-refractivity contribution in [1.29, 1.82) is 0 Å². The first-order chi connectivity index (χ1) is 11.3. The van der Waals surface area contributed by atoms with Crippen molar-refractivity contribution < 1.29 is 9.47 Å². The standard InChI is InChI=1S/C20H29NO2/c1-21-13-17-10-15(14-7-5-4-6-8-14)9-16-11-19(22-2)20(23-3)12-18(16)17/h10-12,14-15,21H,4-9,13H2,1-3H3. The minimum absolute atomic E-state index is 0.671. The van der Waals surface area contributed by atoms with E-state index in [1.807, 2.05) is 7.05 Å². The summed E-state index contributed by atoms with van der Waals surface area (Å²) in [5.41, 5.74) is 4.14. The molecule has 1 aromatic rings. The third-order valence-electron chi connectivity index (χ3n) is 5.45. The largest absolute Gasteiger partial charge is 0.493 e. The summed E-state index contributed by atoms with van der Waals surface area (Å²) in [5, 5.41) is 3.33. The quantitative estimate of drug-likeness (QED) is 0.889. The van der Waals surface area contributed by atoms with Crippen molar-refractivity contribution >= 4 is 5.57 Å². The third kappa shape index (κ3) is 3.40. The molecule has 1 aromatic carbocycles. The molecule has 0 spiro atoms. The molecule has 3 nitrogen and oxygen atoms in total. The van der Waals surface area contributed by atoms with Crippen molar-refractivity contribution in [3.8, 4) is 11.5 Å². The number of hydrogen-bond acceptors (Lipinski definition) is 3. The molecule has 126 valence electrons. The second-order valence-corrected chi connectivity index (χ2v) is 6.85. The maximum atomic E-state index is 5.52. The Morgan fingerprint density at radius 3 is 2.39 bits per heavy atom. The van der Waals surface area contributed by atoms with E-state index in [1.165, 1.54) is 48.8 Å². The van der Waals surface area contributed by atoms with Gasteiger partial charge in [0.2, 0.25) is 0 Å². The first-order valence-corrected chi connectivity index (χ1v) is 8.87. The summed E-state index contributed by atoms with van der Waals surface area (Å²) < 4.78 is 11.0. The van der Waals surface area contributed by atoms with Gasteiger partial charge in [0.1, 0.15) is 0 Å². The average Bonchev–Trinajstić information content (AvgIpc) is 2.61. The van der Waals surface area contributed by atoms with Gasteiger partial charge in [-0.1, -0.05) is 25.3 Å². The summed E-state index contributed by atoms with van der Waals surface area (Å²) in [7, 11) is 5.45. The van der Waals surface area contributed by atoms with Crippen molar-refractivity contribution in [3.05, 3.63) is 29.3 Å². The van der Waals surface area contributed by atoms with E-state index in [0.29, 0.717) is 5.92 Å². The molecule has 0 saturated heterocycles. The zero-order valence-corrected chi connectivity index (χ0v) is 14.7. The Morgan fingerprint density at radius 1 is 1.04 bits per heavy atom. The number of likely N-dealkylation sites (N-methyl/N-ethyl adjacent to an activating group) is 1. The predicted molar refractivity (Wildman–Crippen MR) is 95.2 cm³/mol. The number of fused-ring (bicyclic) bond motifs is 1. The van der Waals surface area contributed by atoms with Gasteiger partial charge >= 0.3 is 0 Å². The molecule has 0 heterocycles. The van der Waals surface area contributed by atoms with E-state index < -0.39 is 0 Å². The molecule has 0 aromatic heterocycles. The summed E-state index contributed by atoms with van der Waals surface area (Å²) in [6.45, 7) is 0.908. The number of ether oxygens (including phenoxy) is 2. The molecule has 2 aliphatic carbocycles. The van der Waals surface area contributed by atoms with Crippen LogP contribution < -0.4 is 14.8 Å². The average molecular weight is 315 g/mol. The Hall–Kier alpha value is -1.48. The maximum absolute atomic E-state index is 5.52. The first kappa shape index (κ1) is 16.4. The molecule has 0 aliphatic heterocycles. The summed E-state index contributed by atoms with van der Waals surface area (Å²) in [6.07, 6.45) is 10.6. The lowest BCUT2D eigenvalue weighted by Crippen LogP contribution is -2.24. The van der Waals surface area contributed by atoms with Crippen LogP contribution in [0.15, 0.2) is 18.2 Å². The summed E-state index contributed by atoms with van der Waals surface area (Å²) >= 11 is 0. The summed E-state index contributed by atoms with van der Waals surface area (Å²) in [4.78, 5) is 0. The lowest BCUT2D eigenvalue weighted by molar-refractivity contribution is 0.283. The zero-order chi connectivity index (χ0) is 16.2. The third-order valence-corrected chi connectivity index (χ3v) is 5.45. The number of hydrogen-bond donors (Lipinski definition) is 1. The molecule has 1 unspecified atom stereocenters. The molecule has 0 amide bonds. The van der Waals surface area contributed by atoms with Gasteiger partial charge in [-0.05, 0) is 67.0 Å². The van der Waals surface area contributed by atoms with E-state index in [1.54, 1.807) is 14.2 Å². The predicted octanol–water partition coefficient (Wildman–Crippen LogP) is 4.06. The summed E-state index contributed by atoms with van der Waals surface area (Å²) in [6, 6.07) is 4.33. The topological polar surface area (TPSA) is 30.5 Å². The van der Waals surface area contributed by atoms with Crippen LogP contribution in [0.3, 0.4) is 0 Å². The fourth-order valence-corrected chi connectivity index (χ4v) is 4.26. The lowest BCUT2D eigenvalue weighted by Gasteiger charge is -2.33. The normalized spacial score (nSPS) is 21.5. The molecule has 23 heavy (non-hydrogen) atoms. The Bertz CT molecular complexity index is 573. The van der Waals surface area contributed by atoms with E-state index in [-0.39, 0.29) is 0 Å². The van der Waals surface area contributed by atoms with Crippen LogP contribution in [0.5, 0.6) is 11.5 Å². The fourth-order valence-electron chi connectivity index (χ4n) is 4.26. The molecular formula is C20H29NO2. The van der Waals surface area contributed by atoms with Gasteiger partial charge < -0.3 is 14.8 Å². The molecule has 2 aliphatic rings. The van der Waals surface area contributed by atoms with E-state index in [9.17, 15) is 0 Å². The van der Waals surface area contributed by atoms with Crippen LogP contribution in [-0.2, 0) is 6.42 Å². The molecule has 1 fully saturated rings. The summed E-state index contributed by atoms with van der Waals surface area (Å²) in [5.74, 6) is 3.19. The minimum Gasteiger partial charge on any atom is -0.493 e. The highest BCUT2D eigenvalue weighted by Gasteiger charge is 2.28. The Labute approximate surface area is 140 Å². The number of benzene rings is 1. The number of nitrogens with one attached hydrogen (secondary N) is 1. The van der Waals surface area contributed by atoms with Crippen LogP contribution in [0.4, 0.5) is 0 Å². The molecule has 1 atom stereocenters. The highest BCUT2D eigenvalue weighted by Crippen LogP contribution is 2.42. The molecule has 1 saturated carbocycles. The second-order valence-electron chi connectivity index (χ2n) is 6.85. The van der Waals surface area contributed by atoms with Gasteiger partial charge in [-0.15, -0.1) is 0 Å². The van der Waals surface area contributed by atoms with E-state index in [4.69, 9.17) is 9.47 Å². The molecule has 0 radical (unpaired) electrons. The number of allylic oxidation sites excluding steroid dienone is 1. The van der Waals surface area contributed by atoms with Crippen LogP contribution >= 0.6 is 0 Å². The van der Waals surface area contributed by atoms with E-state index in [0.717, 1.165) is 30.4 Å². The van der Waals surface area contributed by atoms with Crippen molar-refractivity contribution in [2.24, 2.45) is 11.8 Å². The van der Waals surface area contributed by atoms with Crippen LogP contribution in [0, 0.1) is 11.8 Å². The van der Waals surface area contributed by atoms with Gasteiger partial charge in [0.15, 0.2) is 11.5 Å². The van der Waals surface area contributed by atoms with Crippen LogP contribution in [0.2, 0.25) is 0 Å². The molecular weight excluding hydrogens is 286 g/mol.